The van der Waals surface area contributed by atoms with E-state index in [1.54, 1.807) is 6.07 Å². The van der Waals surface area contributed by atoms with Crippen molar-refractivity contribution in [3.63, 3.8) is 0 Å². The standard InChI is InChI=1S/C15H16ClFN4O2/c16-10-4-3-5-12(13(10)17)21-8-11(19-20-21)14(23)18-15(9-22)6-1-2-7-15/h3-5,8,22H,1-2,6-7,9H2,(H,18,23). The lowest BCUT2D eigenvalue weighted by atomic mass is 9.99. The molecule has 0 unspecified atom stereocenters. The van der Waals surface area contributed by atoms with Crippen LogP contribution in [0.5, 0.6) is 0 Å². The van der Waals surface area contributed by atoms with Crippen LogP contribution in [-0.2, 0) is 0 Å². The second-order valence-electron chi connectivity index (χ2n) is 5.72. The van der Waals surface area contributed by atoms with Crippen molar-refractivity contribution in [2.24, 2.45) is 0 Å². The molecule has 0 aliphatic heterocycles. The van der Waals surface area contributed by atoms with E-state index in [0.717, 1.165) is 30.4 Å². The Kier molecular flexibility index (Phi) is 4.32. The minimum atomic E-state index is -0.631. The summed E-state index contributed by atoms with van der Waals surface area (Å²) in [5, 5.41) is 19.9. The molecule has 0 bridgehead atoms. The molecular weight excluding hydrogens is 323 g/mol. The van der Waals surface area contributed by atoms with Crippen molar-refractivity contribution in [3.05, 3.63) is 40.9 Å². The van der Waals surface area contributed by atoms with Crippen molar-refractivity contribution in [1.82, 2.24) is 20.3 Å². The second kappa shape index (κ2) is 6.25. The van der Waals surface area contributed by atoms with Gasteiger partial charge in [-0.1, -0.05) is 35.7 Å². The average Bonchev–Trinajstić information content (AvgIpc) is 3.20. The van der Waals surface area contributed by atoms with Crippen LogP contribution in [-0.4, -0.2) is 38.2 Å². The van der Waals surface area contributed by atoms with Crippen molar-refractivity contribution in [3.8, 4) is 5.69 Å². The Labute approximate surface area is 137 Å². The van der Waals surface area contributed by atoms with Gasteiger partial charge in [-0.25, -0.2) is 9.07 Å². The molecule has 0 radical (unpaired) electrons. The summed E-state index contributed by atoms with van der Waals surface area (Å²) in [7, 11) is 0. The molecule has 6 nitrogen and oxygen atoms in total. The van der Waals surface area contributed by atoms with E-state index in [2.05, 4.69) is 15.6 Å². The first-order chi connectivity index (χ1) is 11.0. The van der Waals surface area contributed by atoms with E-state index in [1.165, 1.54) is 18.3 Å². The minimum absolute atomic E-state index is 0.0332. The first-order valence-electron chi connectivity index (χ1n) is 7.35. The quantitative estimate of drug-likeness (QED) is 0.894. The minimum Gasteiger partial charge on any atom is -0.394 e. The van der Waals surface area contributed by atoms with Gasteiger partial charge in [0.15, 0.2) is 11.5 Å². The molecule has 2 N–H and O–H groups in total. The highest BCUT2D eigenvalue weighted by molar-refractivity contribution is 6.30. The van der Waals surface area contributed by atoms with Gasteiger partial charge in [0.2, 0.25) is 0 Å². The third kappa shape index (κ3) is 3.07. The number of carbonyl (C=O) groups is 1. The summed E-state index contributed by atoms with van der Waals surface area (Å²) in [5.74, 6) is -1.07. The van der Waals surface area contributed by atoms with E-state index in [9.17, 15) is 14.3 Å². The van der Waals surface area contributed by atoms with Crippen molar-refractivity contribution >= 4 is 17.5 Å². The van der Waals surface area contributed by atoms with Gasteiger partial charge in [0.25, 0.3) is 5.91 Å². The monoisotopic (exact) mass is 338 g/mol. The molecule has 1 fully saturated rings. The summed E-state index contributed by atoms with van der Waals surface area (Å²) < 4.78 is 15.1. The molecule has 1 aliphatic carbocycles. The normalized spacial score (nSPS) is 16.5. The Bertz CT molecular complexity index is 728. The summed E-state index contributed by atoms with van der Waals surface area (Å²) in [6.45, 7) is -0.115. The van der Waals surface area contributed by atoms with E-state index >= 15 is 0 Å². The van der Waals surface area contributed by atoms with Gasteiger partial charge in [-0.05, 0) is 25.0 Å². The van der Waals surface area contributed by atoms with Gasteiger partial charge < -0.3 is 10.4 Å². The summed E-state index contributed by atoms with van der Waals surface area (Å²) in [6.07, 6.45) is 4.71. The smallest absolute Gasteiger partial charge is 0.273 e. The van der Waals surface area contributed by atoms with Gasteiger partial charge >= 0.3 is 0 Å². The third-order valence-electron chi connectivity index (χ3n) is 4.15. The first kappa shape index (κ1) is 15.9. The van der Waals surface area contributed by atoms with E-state index in [-0.39, 0.29) is 23.0 Å². The van der Waals surface area contributed by atoms with Gasteiger partial charge in [-0.3, -0.25) is 4.79 Å². The van der Waals surface area contributed by atoms with E-state index < -0.39 is 17.3 Å². The first-order valence-corrected chi connectivity index (χ1v) is 7.73. The molecule has 23 heavy (non-hydrogen) atoms. The van der Waals surface area contributed by atoms with Crippen LogP contribution in [0.25, 0.3) is 5.69 Å². The molecule has 1 aliphatic rings. The Hall–Kier alpha value is -1.99. The fourth-order valence-corrected chi connectivity index (χ4v) is 3.00. The topological polar surface area (TPSA) is 80.0 Å². The lowest BCUT2D eigenvalue weighted by Crippen LogP contribution is -2.49. The van der Waals surface area contributed by atoms with Crippen LogP contribution in [0.3, 0.4) is 0 Å². The summed E-state index contributed by atoms with van der Waals surface area (Å²) in [6, 6.07) is 4.50. The van der Waals surface area contributed by atoms with Gasteiger partial charge in [0.1, 0.15) is 5.69 Å². The van der Waals surface area contributed by atoms with E-state index in [4.69, 9.17) is 11.6 Å². The lowest BCUT2D eigenvalue weighted by Gasteiger charge is -2.27. The second-order valence-corrected chi connectivity index (χ2v) is 6.13. The van der Waals surface area contributed by atoms with Gasteiger partial charge in [0.05, 0.1) is 23.4 Å². The zero-order chi connectivity index (χ0) is 16.4. The van der Waals surface area contributed by atoms with Crippen LogP contribution in [0.15, 0.2) is 24.4 Å². The number of aliphatic hydroxyl groups excluding tert-OH is 1. The van der Waals surface area contributed by atoms with Crippen LogP contribution in [0, 0.1) is 5.82 Å². The molecule has 0 spiro atoms. The maximum absolute atomic E-state index is 14.0. The third-order valence-corrected chi connectivity index (χ3v) is 4.44. The Morgan fingerprint density at radius 1 is 1.43 bits per heavy atom. The maximum atomic E-state index is 14.0. The molecule has 8 heteroatoms. The molecule has 1 aromatic heterocycles. The number of aromatic nitrogens is 3. The molecule has 1 heterocycles. The highest BCUT2D eigenvalue weighted by atomic mass is 35.5. The van der Waals surface area contributed by atoms with Gasteiger partial charge in [0, 0.05) is 0 Å². The zero-order valence-corrected chi connectivity index (χ0v) is 13.1. The number of halogens is 2. The zero-order valence-electron chi connectivity index (χ0n) is 12.3. The number of hydrogen-bond acceptors (Lipinski definition) is 4. The highest BCUT2D eigenvalue weighted by Gasteiger charge is 2.35. The molecule has 1 amide bonds. The number of rotatable bonds is 4. The fraction of sp³-hybridized carbons (Fsp3) is 0.400. The van der Waals surface area contributed by atoms with Crippen LogP contribution in [0.4, 0.5) is 4.39 Å². The van der Waals surface area contributed by atoms with Crippen molar-refractivity contribution in [2.75, 3.05) is 6.61 Å². The van der Waals surface area contributed by atoms with Crippen molar-refractivity contribution in [2.45, 2.75) is 31.2 Å². The molecule has 3 rings (SSSR count). The van der Waals surface area contributed by atoms with E-state index in [1.807, 2.05) is 0 Å². The largest absolute Gasteiger partial charge is 0.394 e. The van der Waals surface area contributed by atoms with Crippen LogP contribution < -0.4 is 5.32 Å². The molecule has 0 atom stereocenters. The van der Waals surface area contributed by atoms with Crippen LogP contribution in [0.1, 0.15) is 36.2 Å². The van der Waals surface area contributed by atoms with Crippen molar-refractivity contribution < 1.29 is 14.3 Å². The summed E-state index contributed by atoms with van der Waals surface area (Å²) in [5.41, 5.74) is -0.423. The SMILES string of the molecule is O=C(NC1(CO)CCCC1)c1cn(-c2cccc(Cl)c2F)nn1. The lowest BCUT2D eigenvalue weighted by molar-refractivity contribution is 0.0833. The van der Waals surface area contributed by atoms with E-state index in [0.29, 0.717) is 0 Å². The van der Waals surface area contributed by atoms with Gasteiger partial charge in [-0.15, -0.1) is 5.10 Å². The Morgan fingerprint density at radius 2 is 2.17 bits per heavy atom. The number of aliphatic hydroxyl groups is 1. The fourth-order valence-electron chi connectivity index (χ4n) is 2.83. The molecule has 2 aromatic rings. The maximum Gasteiger partial charge on any atom is 0.273 e. The molecule has 122 valence electrons. The summed E-state index contributed by atoms with van der Waals surface area (Å²) >= 11 is 5.74. The predicted octanol–water partition coefficient (Wildman–Crippen LogP) is 2.09. The van der Waals surface area contributed by atoms with Gasteiger partial charge in [-0.2, -0.15) is 0 Å². The molecule has 0 saturated heterocycles. The number of benzene rings is 1. The molecule has 1 saturated carbocycles. The predicted molar refractivity (Wildman–Crippen MR) is 82.1 cm³/mol. The molecular formula is C15H16ClFN4O2. The number of nitrogens with one attached hydrogen (secondary N) is 1. The Morgan fingerprint density at radius 3 is 2.87 bits per heavy atom. The number of hydrogen-bond donors (Lipinski definition) is 2. The van der Waals surface area contributed by atoms with Crippen LogP contribution >= 0.6 is 11.6 Å². The molecule has 1 aromatic carbocycles. The Balaban J connectivity index is 1.81. The number of carbonyl (C=O) groups excluding carboxylic acids is 1. The number of amides is 1. The highest BCUT2D eigenvalue weighted by Crippen LogP contribution is 2.29. The number of nitrogens with zero attached hydrogens (tertiary/aromatic N) is 3. The van der Waals surface area contributed by atoms with Crippen molar-refractivity contribution in [1.29, 1.82) is 0 Å². The average molecular weight is 339 g/mol. The summed E-state index contributed by atoms with van der Waals surface area (Å²) in [4.78, 5) is 12.3. The van der Waals surface area contributed by atoms with Crippen LogP contribution in [0.2, 0.25) is 5.02 Å².